The summed E-state index contributed by atoms with van der Waals surface area (Å²) >= 11 is 0. The summed E-state index contributed by atoms with van der Waals surface area (Å²) in [6, 6.07) is 9.45. The number of hydrogen-bond donors (Lipinski definition) is 2. The molecule has 0 aliphatic rings. The van der Waals surface area contributed by atoms with Crippen molar-refractivity contribution in [3.63, 3.8) is 0 Å². The van der Waals surface area contributed by atoms with Gasteiger partial charge in [-0.2, -0.15) is 0 Å². The monoisotopic (exact) mass is 364 g/mol. The third-order valence-corrected chi connectivity index (χ3v) is 4.37. The Bertz CT molecular complexity index is 885. The van der Waals surface area contributed by atoms with E-state index in [-0.39, 0.29) is 11.8 Å². The zero-order valence-corrected chi connectivity index (χ0v) is 15.8. The van der Waals surface area contributed by atoms with E-state index in [0.717, 1.165) is 30.0 Å². The number of rotatable bonds is 7. The lowest BCUT2D eigenvalue weighted by Gasteiger charge is -2.13. The van der Waals surface area contributed by atoms with Crippen LogP contribution >= 0.6 is 0 Å². The van der Waals surface area contributed by atoms with E-state index >= 15 is 0 Å². The standard InChI is InChI=1S/C20H24N6O/c1-4-15(5-2)20(27)25-17-8-6-16(7-9-17)24-18-12-19(23-14(3)22-18)26-11-10-21-13-26/h6-13,15H,4-5H2,1-3H3,(H,25,27)(H,22,23,24). The maximum absolute atomic E-state index is 12.2. The van der Waals surface area contributed by atoms with Gasteiger partial charge in [0, 0.05) is 35.8 Å². The van der Waals surface area contributed by atoms with E-state index in [1.54, 1.807) is 12.5 Å². The second-order valence-electron chi connectivity index (χ2n) is 6.33. The normalized spacial score (nSPS) is 10.8. The molecule has 0 radical (unpaired) electrons. The first-order chi connectivity index (χ1) is 13.1. The molecule has 1 amide bonds. The van der Waals surface area contributed by atoms with Crippen LogP contribution in [-0.2, 0) is 4.79 Å². The van der Waals surface area contributed by atoms with Crippen LogP contribution in [0.5, 0.6) is 0 Å². The van der Waals surface area contributed by atoms with Crippen molar-refractivity contribution in [1.29, 1.82) is 0 Å². The molecule has 0 aliphatic carbocycles. The highest BCUT2D eigenvalue weighted by atomic mass is 16.1. The van der Waals surface area contributed by atoms with Gasteiger partial charge in [-0.1, -0.05) is 13.8 Å². The van der Waals surface area contributed by atoms with Crippen molar-refractivity contribution in [2.45, 2.75) is 33.6 Å². The molecular formula is C20H24N6O. The molecule has 7 heteroatoms. The van der Waals surface area contributed by atoms with Crippen LogP contribution in [0.4, 0.5) is 17.2 Å². The summed E-state index contributed by atoms with van der Waals surface area (Å²) < 4.78 is 1.83. The first-order valence-corrected chi connectivity index (χ1v) is 9.11. The number of nitrogens with zero attached hydrogens (tertiary/aromatic N) is 4. The van der Waals surface area contributed by atoms with Gasteiger partial charge in [-0.05, 0) is 44.0 Å². The van der Waals surface area contributed by atoms with E-state index in [0.29, 0.717) is 11.6 Å². The molecule has 1 aromatic carbocycles. The van der Waals surface area contributed by atoms with Gasteiger partial charge in [0.05, 0.1) is 0 Å². The Balaban J connectivity index is 1.71. The quantitative estimate of drug-likeness (QED) is 0.660. The fourth-order valence-electron chi connectivity index (χ4n) is 2.83. The molecule has 3 rings (SSSR count). The Labute approximate surface area is 158 Å². The predicted octanol–water partition coefficient (Wildman–Crippen LogP) is 4.09. The Kier molecular flexibility index (Phi) is 5.80. The van der Waals surface area contributed by atoms with Gasteiger partial charge in [-0.25, -0.2) is 15.0 Å². The van der Waals surface area contributed by atoms with E-state index in [4.69, 9.17) is 0 Å². The molecule has 0 atom stereocenters. The van der Waals surface area contributed by atoms with Gasteiger partial charge in [0.25, 0.3) is 0 Å². The van der Waals surface area contributed by atoms with E-state index in [2.05, 4.69) is 25.6 Å². The lowest BCUT2D eigenvalue weighted by molar-refractivity contribution is -0.120. The minimum atomic E-state index is 0.0494. The summed E-state index contributed by atoms with van der Waals surface area (Å²) in [6.07, 6.45) is 6.92. The van der Waals surface area contributed by atoms with Crippen LogP contribution in [-0.4, -0.2) is 25.4 Å². The van der Waals surface area contributed by atoms with E-state index < -0.39 is 0 Å². The minimum absolute atomic E-state index is 0.0494. The molecule has 0 unspecified atom stereocenters. The number of aromatic nitrogens is 4. The van der Waals surface area contributed by atoms with Crippen molar-refractivity contribution in [2.24, 2.45) is 5.92 Å². The zero-order chi connectivity index (χ0) is 19.2. The summed E-state index contributed by atoms with van der Waals surface area (Å²) in [5.74, 6) is 2.22. The fraction of sp³-hybridized carbons (Fsp3) is 0.300. The highest BCUT2D eigenvalue weighted by molar-refractivity contribution is 5.92. The minimum Gasteiger partial charge on any atom is -0.340 e. The van der Waals surface area contributed by atoms with Crippen molar-refractivity contribution in [2.75, 3.05) is 10.6 Å². The number of imidazole rings is 1. The van der Waals surface area contributed by atoms with Gasteiger partial charge in [0.15, 0.2) is 0 Å². The molecule has 0 saturated heterocycles. The highest BCUT2D eigenvalue weighted by Gasteiger charge is 2.14. The number of amides is 1. The summed E-state index contributed by atoms with van der Waals surface area (Å²) in [6.45, 7) is 5.91. The van der Waals surface area contributed by atoms with Gasteiger partial charge in [0.2, 0.25) is 5.91 Å². The SMILES string of the molecule is CCC(CC)C(=O)Nc1ccc(Nc2cc(-n3ccnc3)nc(C)n2)cc1. The number of aryl methyl sites for hydroxylation is 1. The molecule has 0 fully saturated rings. The smallest absolute Gasteiger partial charge is 0.227 e. The van der Waals surface area contributed by atoms with Crippen LogP contribution in [0.25, 0.3) is 5.82 Å². The van der Waals surface area contributed by atoms with Gasteiger partial charge in [-0.15, -0.1) is 0 Å². The van der Waals surface area contributed by atoms with Gasteiger partial charge >= 0.3 is 0 Å². The number of anilines is 3. The summed E-state index contributed by atoms with van der Waals surface area (Å²) in [5.41, 5.74) is 1.67. The van der Waals surface area contributed by atoms with Crippen LogP contribution < -0.4 is 10.6 Å². The molecule has 0 saturated carbocycles. The number of carbonyl (C=O) groups is 1. The molecule has 3 aromatic rings. The molecule has 2 heterocycles. The number of benzene rings is 1. The number of carbonyl (C=O) groups excluding carboxylic acids is 1. The summed E-state index contributed by atoms with van der Waals surface area (Å²) in [4.78, 5) is 25.1. The van der Waals surface area contributed by atoms with Crippen molar-refractivity contribution in [3.8, 4) is 5.82 Å². The summed E-state index contributed by atoms with van der Waals surface area (Å²) in [5, 5.41) is 6.24. The maximum Gasteiger partial charge on any atom is 0.227 e. The van der Waals surface area contributed by atoms with Gasteiger partial charge < -0.3 is 10.6 Å². The van der Waals surface area contributed by atoms with Crippen LogP contribution in [0.1, 0.15) is 32.5 Å². The maximum atomic E-state index is 12.2. The lowest BCUT2D eigenvalue weighted by Crippen LogP contribution is -2.21. The third kappa shape index (κ3) is 4.69. The molecule has 0 aliphatic heterocycles. The Morgan fingerprint density at radius 1 is 1.11 bits per heavy atom. The van der Waals surface area contributed by atoms with Crippen molar-refractivity contribution < 1.29 is 4.79 Å². The summed E-state index contributed by atoms with van der Waals surface area (Å²) in [7, 11) is 0. The number of nitrogens with one attached hydrogen (secondary N) is 2. The fourth-order valence-corrected chi connectivity index (χ4v) is 2.83. The third-order valence-electron chi connectivity index (χ3n) is 4.37. The van der Waals surface area contributed by atoms with Crippen molar-refractivity contribution in [1.82, 2.24) is 19.5 Å². The highest BCUT2D eigenvalue weighted by Crippen LogP contribution is 2.20. The first kappa shape index (κ1) is 18.6. The molecule has 2 aromatic heterocycles. The topological polar surface area (TPSA) is 84.7 Å². The lowest BCUT2D eigenvalue weighted by atomic mass is 10.0. The molecule has 0 spiro atoms. The van der Waals surface area contributed by atoms with Gasteiger partial charge in [-0.3, -0.25) is 9.36 Å². The number of hydrogen-bond acceptors (Lipinski definition) is 5. The van der Waals surface area contributed by atoms with Crippen LogP contribution in [0.15, 0.2) is 49.1 Å². The average Bonchev–Trinajstić information content (AvgIpc) is 3.19. The molecule has 0 bridgehead atoms. The van der Waals surface area contributed by atoms with Crippen molar-refractivity contribution in [3.05, 3.63) is 54.9 Å². The zero-order valence-electron chi connectivity index (χ0n) is 15.8. The molecular weight excluding hydrogens is 340 g/mol. The second-order valence-corrected chi connectivity index (χ2v) is 6.33. The molecule has 140 valence electrons. The van der Waals surface area contributed by atoms with Crippen molar-refractivity contribution >= 4 is 23.1 Å². The van der Waals surface area contributed by atoms with E-state index in [9.17, 15) is 4.79 Å². The van der Waals surface area contributed by atoms with E-state index in [1.807, 2.05) is 61.9 Å². The van der Waals surface area contributed by atoms with E-state index in [1.165, 1.54) is 0 Å². The Hall–Kier alpha value is -3.22. The van der Waals surface area contributed by atoms with Crippen LogP contribution in [0.2, 0.25) is 0 Å². The molecule has 7 nitrogen and oxygen atoms in total. The van der Waals surface area contributed by atoms with Gasteiger partial charge in [0.1, 0.15) is 23.8 Å². The molecule has 27 heavy (non-hydrogen) atoms. The van der Waals surface area contributed by atoms with Crippen LogP contribution in [0, 0.1) is 12.8 Å². The largest absolute Gasteiger partial charge is 0.340 e. The first-order valence-electron chi connectivity index (χ1n) is 9.11. The Morgan fingerprint density at radius 3 is 2.44 bits per heavy atom. The molecule has 2 N–H and O–H groups in total. The van der Waals surface area contributed by atoms with Crippen LogP contribution in [0.3, 0.4) is 0 Å². The average molecular weight is 364 g/mol. The Morgan fingerprint density at radius 2 is 1.81 bits per heavy atom. The second kappa shape index (κ2) is 8.44. The predicted molar refractivity (Wildman–Crippen MR) is 106 cm³/mol.